The summed E-state index contributed by atoms with van der Waals surface area (Å²) in [7, 11) is 0. The third kappa shape index (κ3) is 4.04. The third-order valence-electron chi connectivity index (χ3n) is 3.64. The van der Waals surface area contributed by atoms with Gasteiger partial charge in [-0.1, -0.05) is 24.6 Å². The van der Waals surface area contributed by atoms with Crippen molar-refractivity contribution in [2.75, 3.05) is 31.5 Å². The highest BCUT2D eigenvalue weighted by Gasteiger charge is 2.22. The molecule has 0 aromatic heterocycles. The Morgan fingerprint density at radius 2 is 2.16 bits per heavy atom. The number of benzene rings is 1. The van der Waals surface area contributed by atoms with Gasteiger partial charge in [-0.15, -0.1) is 0 Å². The fraction of sp³-hybridized carbons (Fsp3) is 0.533. The Balaban J connectivity index is 1.87. The quantitative estimate of drug-likeness (QED) is 0.846. The van der Waals surface area contributed by atoms with E-state index in [9.17, 15) is 4.79 Å². The van der Waals surface area contributed by atoms with E-state index in [-0.39, 0.29) is 5.91 Å². The first-order valence-electron chi connectivity index (χ1n) is 7.00. The minimum Gasteiger partial charge on any atom is -0.325 e. The molecule has 1 amide bonds. The number of aryl methyl sites for hydroxylation is 1. The molecule has 2 N–H and O–H groups in total. The molecule has 1 aromatic carbocycles. The molecule has 0 aliphatic carbocycles. The largest absolute Gasteiger partial charge is 0.325 e. The van der Waals surface area contributed by atoms with Crippen LogP contribution in [-0.2, 0) is 4.79 Å². The highest BCUT2D eigenvalue weighted by molar-refractivity contribution is 5.92. The highest BCUT2D eigenvalue weighted by atomic mass is 16.2. The van der Waals surface area contributed by atoms with Gasteiger partial charge in [-0.3, -0.25) is 9.69 Å². The fourth-order valence-corrected chi connectivity index (χ4v) is 2.47. The average Bonchev–Trinajstić information content (AvgIpc) is 2.92. The molecule has 0 saturated carbocycles. The highest BCUT2D eigenvalue weighted by Crippen LogP contribution is 2.10. The fourth-order valence-electron chi connectivity index (χ4n) is 2.47. The van der Waals surface area contributed by atoms with Gasteiger partial charge in [0, 0.05) is 18.3 Å². The summed E-state index contributed by atoms with van der Waals surface area (Å²) in [6, 6.07) is 8.40. The zero-order valence-corrected chi connectivity index (χ0v) is 11.8. The topological polar surface area (TPSA) is 44.4 Å². The van der Waals surface area contributed by atoms with Gasteiger partial charge in [0.15, 0.2) is 0 Å². The van der Waals surface area contributed by atoms with Crippen LogP contribution in [0.2, 0.25) is 0 Å². The van der Waals surface area contributed by atoms with Gasteiger partial charge in [0.25, 0.3) is 0 Å². The van der Waals surface area contributed by atoms with Crippen molar-refractivity contribution in [3.63, 3.8) is 0 Å². The van der Waals surface area contributed by atoms with E-state index in [1.165, 1.54) is 5.56 Å². The molecule has 19 heavy (non-hydrogen) atoms. The Kier molecular flexibility index (Phi) is 4.93. The lowest BCUT2D eigenvalue weighted by atomic mass is 10.2. The number of carbonyl (C=O) groups excluding carboxylic acids is 1. The van der Waals surface area contributed by atoms with Crippen LogP contribution in [0.1, 0.15) is 18.9 Å². The van der Waals surface area contributed by atoms with Crippen LogP contribution in [-0.4, -0.2) is 43.0 Å². The first-order chi connectivity index (χ1) is 9.19. The van der Waals surface area contributed by atoms with Crippen LogP contribution in [0.25, 0.3) is 0 Å². The minimum absolute atomic E-state index is 0.0672. The van der Waals surface area contributed by atoms with E-state index < -0.39 is 0 Å². The maximum absolute atomic E-state index is 12.1. The molecule has 4 nitrogen and oxygen atoms in total. The van der Waals surface area contributed by atoms with Crippen molar-refractivity contribution < 1.29 is 4.79 Å². The summed E-state index contributed by atoms with van der Waals surface area (Å²) in [6.45, 7) is 7.58. The predicted octanol–water partition coefficient (Wildman–Crippen LogP) is 1.62. The van der Waals surface area contributed by atoms with Crippen molar-refractivity contribution in [1.82, 2.24) is 10.2 Å². The molecular formula is C15H23N3O. The Morgan fingerprint density at radius 1 is 1.42 bits per heavy atom. The van der Waals surface area contributed by atoms with Gasteiger partial charge >= 0.3 is 0 Å². The van der Waals surface area contributed by atoms with Crippen molar-refractivity contribution >= 4 is 11.6 Å². The first-order valence-corrected chi connectivity index (χ1v) is 7.00. The molecule has 1 aliphatic rings. The smallest absolute Gasteiger partial charge is 0.238 e. The number of carbonyl (C=O) groups is 1. The molecular weight excluding hydrogens is 238 g/mol. The lowest BCUT2D eigenvalue weighted by molar-refractivity contribution is -0.117. The van der Waals surface area contributed by atoms with Crippen molar-refractivity contribution in [2.24, 2.45) is 0 Å². The van der Waals surface area contributed by atoms with Crippen LogP contribution >= 0.6 is 0 Å². The molecule has 104 valence electrons. The number of nitrogens with zero attached hydrogens (tertiary/aromatic N) is 1. The van der Waals surface area contributed by atoms with Crippen molar-refractivity contribution in [2.45, 2.75) is 26.3 Å². The Morgan fingerprint density at radius 3 is 2.74 bits per heavy atom. The normalized spacial score (nSPS) is 18.8. The number of rotatable bonds is 5. The van der Waals surface area contributed by atoms with Gasteiger partial charge in [0.2, 0.25) is 5.91 Å². The molecule has 2 rings (SSSR count). The monoisotopic (exact) mass is 261 g/mol. The van der Waals surface area contributed by atoms with E-state index in [2.05, 4.69) is 22.5 Å². The summed E-state index contributed by atoms with van der Waals surface area (Å²) in [6.07, 6.45) is 1.13. The third-order valence-corrected chi connectivity index (χ3v) is 3.64. The summed E-state index contributed by atoms with van der Waals surface area (Å²) in [5, 5.41) is 6.30. The molecule has 1 fully saturated rings. The van der Waals surface area contributed by atoms with E-state index in [0.717, 1.165) is 31.7 Å². The maximum atomic E-state index is 12.1. The van der Waals surface area contributed by atoms with E-state index in [1.54, 1.807) is 0 Å². The molecule has 4 heteroatoms. The first kappa shape index (κ1) is 14.0. The van der Waals surface area contributed by atoms with Crippen LogP contribution in [0.4, 0.5) is 5.69 Å². The summed E-state index contributed by atoms with van der Waals surface area (Å²) in [5.74, 6) is 0.0672. The van der Waals surface area contributed by atoms with Gasteiger partial charge in [-0.2, -0.15) is 0 Å². The number of amides is 1. The second-order valence-electron chi connectivity index (χ2n) is 5.12. The number of hydrogen-bond donors (Lipinski definition) is 2. The molecule has 0 spiro atoms. The Labute approximate surface area is 115 Å². The van der Waals surface area contributed by atoms with Crippen LogP contribution in [0, 0.1) is 6.92 Å². The maximum Gasteiger partial charge on any atom is 0.238 e. The molecule has 1 unspecified atom stereocenters. The standard InChI is InChI=1S/C15H23N3O/c1-3-18(14-8-9-16-10-14)11-15(19)17-13-6-4-12(2)5-7-13/h4-7,14,16H,3,8-11H2,1-2H3,(H,17,19). The minimum atomic E-state index is 0.0672. The van der Waals surface area contributed by atoms with E-state index in [1.807, 2.05) is 31.2 Å². The van der Waals surface area contributed by atoms with Crippen molar-refractivity contribution in [3.8, 4) is 0 Å². The predicted molar refractivity (Wildman–Crippen MR) is 78.3 cm³/mol. The van der Waals surface area contributed by atoms with Crippen LogP contribution < -0.4 is 10.6 Å². The number of hydrogen-bond acceptors (Lipinski definition) is 3. The Hall–Kier alpha value is -1.39. The zero-order valence-electron chi connectivity index (χ0n) is 11.8. The summed E-state index contributed by atoms with van der Waals surface area (Å²) < 4.78 is 0. The van der Waals surface area contributed by atoms with Crippen LogP contribution in [0.3, 0.4) is 0 Å². The van der Waals surface area contributed by atoms with Crippen LogP contribution in [0.15, 0.2) is 24.3 Å². The van der Waals surface area contributed by atoms with Gasteiger partial charge < -0.3 is 10.6 Å². The van der Waals surface area contributed by atoms with Crippen molar-refractivity contribution in [1.29, 1.82) is 0 Å². The molecule has 1 atom stereocenters. The van der Waals surface area contributed by atoms with Crippen LogP contribution in [0.5, 0.6) is 0 Å². The lowest BCUT2D eigenvalue weighted by Crippen LogP contribution is -2.41. The Bertz CT molecular complexity index is 410. The van der Waals surface area contributed by atoms with Gasteiger partial charge in [0.05, 0.1) is 6.54 Å². The average molecular weight is 261 g/mol. The van der Waals surface area contributed by atoms with E-state index >= 15 is 0 Å². The van der Waals surface area contributed by atoms with Gasteiger partial charge in [-0.25, -0.2) is 0 Å². The summed E-state index contributed by atoms with van der Waals surface area (Å²) in [4.78, 5) is 14.3. The molecule has 1 aliphatic heterocycles. The number of nitrogens with one attached hydrogen (secondary N) is 2. The number of anilines is 1. The molecule has 1 heterocycles. The zero-order chi connectivity index (χ0) is 13.7. The second-order valence-corrected chi connectivity index (χ2v) is 5.12. The molecule has 0 bridgehead atoms. The van der Waals surface area contributed by atoms with E-state index in [0.29, 0.717) is 12.6 Å². The summed E-state index contributed by atoms with van der Waals surface area (Å²) >= 11 is 0. The number of likely N-dealkylation sites (N-methyl/N-ethyl adjacent to an activating group) is 1. The van der Waals surface area contributed by atoms with Gasteiger partial charge in [0.1, 0.15) is 0 Å². The lowest BCUT2D eigenvalue weighted by Gasteiger charge is -2.26. The van der Waals surface area contributed by atoms with Crippen molar-refractivity contribution in [3.05, 3.63) is 29.8 Å². The molecule has 1 aromatic rings. The summed E-state index contributed by atoms with van der Waals surface area (Å²) in [5.41, 5.74) is 2.07. The van der Waals surface area contributed by atoms with E-state index in [4.69, 9.17) is 0 Å². The SMILES string of the molecule is CCN(CC(=O)Nc1ccc(C)cc1)C1CCNC1. The second kappa shape index (κ2) is 6.68. The van der Waals surface area contributed by atoms with Gasteiger partial charge in [-0.05, 0) is 38.6 Å². The molecule has 0 radical (unpaired) electrons. The molecule has 1 saturated heterocycles.